The van der Waals surface area contributed by atoms with Crippen molar-refractivity contribution in [3.8, 4) is 17.2 Å². The molecule has 0 heterocycles. The van der Waals surface area contributed by atoms with Gasteiger partial charge in [-0.2, -0.15) is 5.26 Å². The molecule has 0 saturated heterocycles. The molecule has 0 atom stereocenters. The molecule has 0 aliphatic heterocycles. The Morgan fingerprint density at radius 2 is 2.18 bits per heavy atom. The minimum Gasteiger partial charge on any atom is -0.444 e. The van der Waals surface area contributed by atoms with E-state index in [4.69, 9.17) is 15.7 Å². The summed E-state index contributed by atoms with van der Waals surface area (Å²) < 4.78 is 5.11. The monoisotopic (exact) mass is 317 g/mol. The number of hydrogen-bond acceptors (Lipinski definition) is 5. The molecule has 22 heavy (non-hydrogen) atoms. The number of carbonyl (C=O) groups excluding carboxylic acids is 1. The van der Waals surface area contributed by atoms with E-state index in [1.807, 2.05) is 5.40 Å². The summed E-state index contributed by atoms with van der Waals surface area (Å²) in [5.74, 6) is 5.88. The minimum atomic E-state index is -0.511. The maximum absolute atomic E-state index is 11.4. The van der Waals surface area contributed by atoms with Gasteiger partial charge >= 0.3 is 6.09 Å². The number of amides is 1. The van der Waals surface area contributed by atoms with Crippen molar-refractivity contribution in [3.63, 3.8) is 0 Å². The van der Waals surface area contributed by atoms with E-state index in [-0.39, 0.29) is 0 Å². The number of nitrogens with two attached hydrogens (primary N) is 1. The van der Waals surface area contributed by atoms with E-state index in [9.17, 15) is 4.79 Å². The van der Waals surface area contributed by atoms with E-state index in [0.717, 1.165) is 16.7 Å². The third-order valence-corrected chi connectivity index (χ3v) is 2.91. The molecule has 0 aromatic heterocycles. The van der Waals surface area contributed by atoms with E-state index in [2.05, 4.69) is 17.2 Å². The molecule has 0 aliphatic carbocycles. The van der Waals surface area contributed by atoms with Gasteiger partial charge in [0.25, 0.3) is 0 Å². The van der Waals surface area contributed by atoms with Crippen LogP contribution in [0.5, 0.6) is 0 Å². The van der Waals surface area contributed by atoms with Crippen molar-refractivity contribution < 1.29 is 9.53 Å². The molecule has 0 spiro atoms. The standard InChI is InChI=1S/C16H19N3O2S/c1-16(2,3)21-15(20)19-9-5-4-6-12-10-13(22-11-17)7-8-14(12)18/h7-8,10H,5,9,18H2,1-3H3,(H,19,20). The molecule has 1 amide bonds. The van der Waals surface area contributed by atoms with Crippen LogP contribution in [-0.2, 0) is 4.74 Å². The fourth-order valence-corrected chi connectivity index (χ4v) is 1.88. The van der Waals surface area contributed by atoms with Gasteiger partial charge in [-0.25, -0.2) is 4.79 Å². The first-order valence-electron chi connectivity index (χ1n) is 6.73. The van der Waals surface area contributed by atoms with Crippen molar-refractivity contribution in [2.45, 2.75) is 37.7 Å². The Morgan fingerprint density at radius 1 is 1.45 bits per heavy atom. The molecular formula is C16H19N3O2S. The summed E-state index contributed by atoms with van der Waals surface area (Å²) >= 11 is 1.06. The largest absolute Gasteiger partial charge is 0.444 e. The average molecular weight is 317 g/mol. The normalized spacial score (nSPS) is 10.1. The Kier molecular flexibility index (Phi) is 6.62. The van der Waals surface area contributed by atoms with Crippen LogP contribution in [-0.4, -0.2) is 18.2 Å². The second-order valence-corrected chi connectivity index (χ2v) is 6.28. The quantitative estimate of drug-likeness (QED) is 0.294. The number of nitrogen functional groups attached to an aromatic ring is 1. The number of anilines is 1. The first-order valence-corrected chi connectivity index (χ1v) is 7.54. The van der Waals surface area contributed by atoms with Crippen molar-refractivity contribution in [3.05, 3.63) is 23.8 Å². The SMILES string of the molecule is CC(C)(C)OC(=O)NCCC#Cc1cc(SC#N)ccc1N. The van der Waals surface area contributed by atoms with E-state index in [1.165, 1.54) is 0 Å². The van der Waals surface area contributed by atoms with Gasteiger partial charge in [-0.05, 0) is 50.7 Å². The summed E-state index contributed by atoms with van der Waals surface area (Å²) in [6, 6.07) is 5.28. The van der Waals surface area contributed by atoms with Gasteiger partial charge in [0.15, 0.2) is 0 Å². The molecule has 1 aromatic carbocycles. The number of hydrogen-bond donors (Lipinski definition) is 2. The van der Waals surface area contributed by atoms with Crippen molar-refractivity contribution in [1.82, 2.24) is 5.32 Å². The lowest BCUT2D eigenvalue weighted by molar-refractivity contribution is 0.0529. The van der Waals surface area contributed by atoms with Gasteiger partial charge in [0, 0.05) is 29.1 Å². The van der Waals surface area contributed by atoms with Crippen LogP contribution in [0.2, 0.25) is 0 Å². The summed E-state index contributed by atoms with van der Waals surface area (Å²) in [5.41, 5.74) is 6.57. The molecule has 0 radical (unpaired) electrons. The van der Waals surface area contributed by atoms with Crippen LogP contribution in [0.4, 0.5) is 10.5 Å². The highest BCUT2D eigenvalue weighted by atomic mass is 32.2. The average Bonchev–Trinajstić information content (AvgIpc) is 2.40. The topological polar surface area (TPSA) is 88.1 Å². The molecule has 0 unspecified atom stereocenters. The molecule has 0 fully saturated rings. The molecule has 1 aromatic rings. The molecule has 0 saturated carbocycles. The van der Waals surface area contributed by atoms with Gasteiger partial charge in [0.05, 0.1) is 0 Å². The van der Waals surface area contributed by atoms with Gasteiger partial charge in [-0.3, -0.25) is 0 Å². The third-order valence-electron chi connectivity index (χ3n) is 2.33. The molecule has 5 nitrogen and oxygen atoms in total. The first-order chi connectivity index (χ1) is 10.3. The zero-order valence-electron chi connectivity index (χ0n) is 12.9. The lowest BCUT2D eigenvalue weighted by Crippen LogP contribution is -2.32. The lowest BCUT2D eigenvalue weighted by atomic mass is 10.2. The van der Waals surface area contributed by atoms with Crippen LogP contribution in [0.1, 0.15) is 32.8 Å². The fourth-order valence-electron chi connectivity index (χ4n) is 1.46. The Balaban J connectivity index is 2.50. The number of rotatable bonds is 3. The van der Waals surface area contributed by atoms with E-state index in [1.54, 1.807) is 39.0 Å². The Morgan fingerprint density at radius 3 is 2.82 bits per heavy atom. The molecule has 0 bridgehead atoms. The van der Waals surface area contributed by atoms with Gasteiger partial charge in [-0.1, -0.05) is 11.8 Å². The van der Waals surface area contributed by atoms with E-state index < -0.39 is 11.7 Å². The summed E-state index contributed by atoms with van der Waals surface area (Å²) in [5, 5.41) is 13.3. The number of ether oxygens (including phenoxy) is 1. The zero-order chi connectivity index (χ0) is 16.6. The predicted octanol–water partition coefficient (Wildman–Crippen LogP) is 3.11. The summed E-state index contributed by atoms with van der Waals surface area (Å²) in [4.78, 5) is 12.2. The Hall–Kier alpha value is -2.31. The predicted molar refractivity (Wildman–Crippen MR) is 88.1 cm³/mol. The summed E-state index contributed by atoms with van der Waals surface area (Å²) in [6.07, 6.45) is 0.0233. The molecule has 3 N–H and O–H groups in total. The second-order valence-electron chi connectivity index (χ2n) is 5.42. The lowest BCUT2D eigenvalue weighted by Gasteiger charge is -2.19. The molecule has 116 valence electrons. The van der Waals surface area contributed by atoms with E-state index >= 15 is 0 Å². The highest BCUT2D eigenvalue weighted by Crippen LogP contribution is 2.21. The second kappa shape index (κ2) is 8.21. The smallest absolute Gasteiger partial charge is 0.407 e. The maximum Gasteiger partial charge on any atom is 0.407 e. The highest BCUT2D eigenvalue weighted by molar-refractivity contribution is 8.03. The number of nitrogens with one attached hydrogen (secondary N) is 1. The number of thiocyanates is 1. The number of alkyl carbamates (subject to hydrolysis) is 1. The van der Waals surface area contributed by atoms with Gasteiger partial charge in [0.2, 0.25) is 0 Å². The first kappa shape index (κ1) is 17.7. The van der Waals surface area contributed by atoms with Gasteiger partial charge < -0.3 is 15.8 Å². The summed E-state index contributed by atoms with van der Waals surface area (Å²) in [6.45, 7) is 5.82. The van der Waals surface area contributed by atoms with Crippen LogP contribution >= 0.6 is 11.8 Å². The summed E-state index contributed by atoms with van der Waals surface area (Å²) in [7, 11) is 0. The number of nitriles is 1. The molecule has 6 heteroatoms. The van der Waals surface area contributed by atoms with Crippen molar-refractivity contribution >= 4 is 23.5 Å². The van der Waals surface area contributed by atoms with E-state index in [0.29, 0.717) is 24.2 Å². The van der Waals surface area contributed by atoms with Crippen molar-refractivity contribution in [2.75, 3.05) is 12.3 Å². The van der Waals surface area contributed by atoms with Crippen LogP contribution in [0.3, 0.4) is 0 Å². The number of benzene rings is 1. The Bertz CT molecular complexity index is 634. The van der Waals surface area contributed by atoms with Crippen molar-refractivity contribution in [2.24, 2.45) is 0 Å². The molecule has 0 aliphatic rings. The number of nitrogens with zero attached hydrogens (tertiary/aromatic N) is 1. The van der Waals surface area contributed by atoms with Crippen molar-refractivity contribution in [1.29, 1.82) is 5.26 Å². The fraction of sp³-hybridized carbons (Fsp3) is 0.375. The molecule has 1 rings (SSSR count). The van der Waals surface area contributed by atoms with Gasteiger partial charge in [0.1, 0.15) is 11.0 Å². The van der Waals surface area contributed by atoms with Gasteiger partial charge in [-0.15, -0.1) is 0 Å². The highest BCUT2D eigenvalue weighted by Gasteiger charge is 2.15. The minimum absolute atomic E-state index is 0.397. The zero-order valence-corrected chi connectivity index (χ0v) is 13.7. The van der Waals surface area contributed by atoms with Crippen LogP contribution in [0, 0.1) is 22.5 Å². The molecular weight excluding hydrogens is 298 g/mol. The number of thioether (sulfide) groups is 1. The van der Waals surface area contributed by atoms with Crippen LogP contribution < -0.4 is 11.1 Å². The Labute approximate surface area is 135 Å². The van der Waals surface area contributed by atoms with Crippen LogP contribution in [0.25, 0.3) is 0 Å². The maximum atomic E-state index is 11.4. The third kappa shape index (κ3) is 6.92. The number of carbonyl (C=O) groups is 1. The van der Waals surface area contributed by atoms with Crippen LogP contribution in [0.15, 0.2) is 23.1 Å².